The number of rotatable bonds is 4. The van der Waals surface area contributed by atoms with Crippen LogP contribution in [0.2, 0.25) is 0 Å². The van der Waals surface area contributed by atoms with Crippen LogP contribution in [0.15, 0.2) is 36.4 Å². The number of carbonyl (C=O) groups excluding carboxylic acids is 2. The van der Waals surface area contributed by atoms with Gasteiger partial charge in [0.05, 0.1) is 5.41 Å². The molecule has 30 heavy (non-hydrogen) atoms. The summed E-state index contributed by atoms with van der Waals surface area (Å²) in [5, 5.41) is 9.45. The number of nitrogens with zero attached hydrogens (tertiary/aromatic N) is 1. The van der Waals surface area contributed by atoms with Crippen molar-refractivity contribution in [1.82, 2.24) is 10.4 Å². The Bertz CT molecular complexity index is 1050. The first-order chi connectivity index (χ1) is 14.4. The molecule has 5 rings (SSSR count). The summed E-state index contributed by atoms with van der Waals surface area (Å²) in [4.78, 5) is 27.4. The molecule has 2 aliphatic carbocycles. The second-order valence-electron chi connectivity index (χ2n) is 8.96. The van der Waals surface area contributed by atoms with E-state index in [-0.39, 0.29) is 17.6 Å². The van der Waals surface area contributed by atoms with E-state index in [0.29, 0.717) is 36.6 Å². The van der Waals surface area contributed by atoms with Gasteiger partial charge in [0.25, 0.3) is 11.8 Å². The van der Waals surface area contributed by atoms with E-state index in [0.717, 1.165) is 36.0 Å². The molecule has 0 aromatic heterocycles. The number of carbonyl (C=O) groups is 2. The molecule has 1 heterocycles. The Kier molecular flexibility index (Phi) is 4.43. The lowest BCUT2D eigenvalue weighted by Crippen LogP contribution is -2.42. The van der Waals surface area contributed by atoms with Crippen molar-refractivity contribution in [3.8, 4) is 0 Å². The van der Waals surface area contributed by atoms with Gasteiger partial charge in [0.15, 0.2) is 0 Å². The fraction of sp³-hybridized carbons (Fsp3) is 0.417. The zero-order chi connectivity index (χ0) is 21.0. The molecule has 5 nitrogen and oxygen atoms in total. The summed E-state index contributed by atoms with van der Waals surface area (Å²) in [6, 6.07) is 11.2. The fourth-order valence-corrected chi connectivity index (χ4v) is 5.43. The topological polar surface area (TPSA) is 69.6 Å². The van der Waals surface area contributed by atoms with E-state index in [1.54, 1.807) is 19.1 Å². The van der Waals surface area contributed by atoms with Crippen LogP contribution in [0.5, 0.6) is 0 Å². The summed E-state index contributed by atoms with van der Waals surface area (Å²) in [5.74, 6) is -0.623. The lowest BCUT2D eigenvalue weighted by Gasteiger charge is -2.29. The molecule has 6 heteroatoms. The summed E-state index contributed by atoms with van der Waals surface area (Å²) in [6.07, 6.45) is 3.94. The Morgan fingerprint density at radius 2 is 2.03 bits per heavy atom. The maximum atomic E-state index is 14.3. The lowest BCUT2D eigenvalue weighted by atomic mass is 9.75. The quantitative estimate of drug-likeness (QED) is 0.594. The first-order valence-electron chi connectivity index (χ1n) is 10.6. The molecule has 0 bridgehead atoms. The van der Waals surface area contributed by atoms with E-state index in [9.17, 15) is 19.2 Å². The van der Waals surface area contributed by atoms with Crippen LogP contribution in [-0.4, -0.2) is 28.0 Å². The van der Waals surface area contributed by atoms with E-state index in [2.05, 4.69) is 6.07 Å². The van der Waals surface area contributed by atoms with Crippen LogP contribution in [0.1, 0.15) is 70.6 Å². The average molecular weight is 408 g/mol. The van der Waals surface area contributed by atoms with Crippen molar-refractivity contribution in [2.75, 3.05) is 0 Å². The molecule has 2 atom stereocenters. The van der Waals surface area contributed by atoms with Gasteiger partial charge in [0.1, 0.15) is 5.82 Å². The molecule has 156 valence electrons. The molecule has 2 fully saturated rings. The zero-order valence-electron chi connectivity index (χ0n) is 17.0. The zero-order valence-corrected chi connectivity index (χ0v) is 17.0. The van der Waals surface area contributed by atoms with Gasteiger partial charge < -0.3 is 4.90 Å². The Hall–Kier alpha value is -2.73. The van der Waals surface area contributed by atoms with Crippen molar-refractivity contribution < 1.29 is 19.2 Å². The highest BCUT2D eigenvalue weighted by Gasteiger charge is 2.48. The van der Waals surface area contributed by atoms with E-state index >= 15 is 0 Å². The number of hydroxylamine groups is 1. The van der Waals surface area contributed by atoms with Crippen LogP contribution in [0.3, 0.4) is 0 Å². The predicted octanol–water partition coefficient (Wildman–Crippen LogP) is 3.96. The van der Waals surface area contributed by atoms with Gasteiger partial charge in [-0.3, -0.25) is 14.8 Å². The smallest absolute Gasteiger partial charge is 0.254 e. The molecular formula is C24H25FN2O3. The third-order valence-electron chi connectivity index (χ3n) is 7.25. The van der Waals surface area contributed by atoms with Gasteiger partial charge in [0.2, 0.25) is 0 Å². The molecule has 0 spiro atoms. The summed E-state index contributed by atoms with van der Waals surface area (Å²) < 4.78 is 14.3. The highest BCUT2D eigenvalue weighted by atomic mass is 19.1. The highest BCUT2D eigenvalue weighted by Crippen LogP contribution is 2.50. The maximum Gasteiger partial charge on any atom is 0.254 e. The summed E-state index contributed by atoms with van der Waals surface area (Å²) >= 11 is 0. The van der Waals surface area contributed by atoms with Crippen molar-refractivity contribution in [2.24, 2.45) is 0 Å². The molecule has 0 saturated heterocycles. The fourth-order valence-electron chi connectivity index (χ4n) is 5.43. The lowest BCUT2D eigenvalue weighted by molar-refractivity contribution is -0.135. The first kappa shape index (κ1) is 19.2. The third kappa shape index (κ3) is 2.85. The predicted molar refractivity (Wildman–Crippen MR) is 109 cm³/mol. The SMILES string of the molecule is Cc1c(F)cccc1[C@]1(C(=O)NO)CC[C@H](c2ccc3c(c2)CN(C2CC2)C3=O)C1. The molecule has 3 aliphatic rings. The molecule has 2 saturated carbocycles. The van der Waals surface area contributed by atoms with Crippen LogP contribution in [0.25, 0.3) is 0 Å². The average Bonchev–Trinajstić information content (AvgIpc) is 3.41. The van der Waals surface area contributed by atoms with E-state index in [1.807, 2.05) is 22.5 Å². The van der Waals surface area contributed by atoms with Gasteiger partial charge in [-0.2, -0.15) is 0 Å². The van der Waals surface area contributed by atoms with Gasteiger partial charge in [-0.15, -0.1) is 0 Å². The van der Waals surface area contributed by atoms with Gasteiger partial charge in [-0.1, -0.05) is 24.3 Å². The first-order valence-corrected chi connectivity index (χ1v) is 10.6. The molecule has 2 N–H and O–H groups in total. The number of fused-ring (bicyclic) bond motifs is 1. The Morgan fingerprint density at radius 3 is 2.77 bits per heavy atom. The minimum atomic E-state index is -0.972. The van der Waals surface area contributed by atoms with Gasteiger partial charge in [-0.25, -0.2) is 9.87 Å². The molecule has 1 aliphatic heterocycles. The standard InChI is InChI=1S/C24H25FN2O3/c1-14-20(3-2-4-21(14)25)24(23(29)26-30)10-9-16(12-24)15-5-8-19-17(11-15)13-27(22(19)28)18-6-7-18/h2-5,8,11,16,18,30H,6-7,9-10,12-13H2,1H3,(H,26,29)/t16-,24-/m0/s1. The number of amides is 2. The Labute approximate surface area is 174 Å². The number of halogens is 1. The number of hydrogen-bond donors (Lipinski definition) is 2. The van der Waals surface area contributed by atoms with E-state index < -0.39 is 11.3 Å². The maximum absolute atomic E-state index is 14.3. The van der Waals surface area contributed by atoms with Crippen molar-refractivity contribution in [3.63, 3.8) is 0 Å². The van der Waals surface area contributed by atoms with Crippen LogP contribution < -0.4 is 5.48 Å². The number of benzene rings is 2. The van der Waals surface area contributed by atoms with Gasteiger partial charge in [-0.05, 0) is 79.3 Å². The second kappa shape index (κ2) is 6.91. The van der Waals surface area contributed by atoms with Gasteiger partial charge >= 0.3 is 0 Å². The van der Waals surface area contributed by atoms with Crippen LogP contribution >= 0.6 is 0 Å². The molecule has 0 radical (unpaired) electrons. The number of hydrogen-bond acceptors (Lipinski definition) is 3. The monoisotopic (exact) mass is 408 g/mol. The minimum Gasteiger partial charge on any atom is -0.331 e. The second-order valence-corrected chi connectivity index (χ2v) is 8.96. The van der Waals surface area contributed by atoms with Crippen molar-refractivity contribution in [2.45, 2.75) is 62.9 Å². The van der Waals surface area contributed by atoms with Crippen molar-refractivity contribution >= 4 is 11.8 Å². The summed E-state index contributed by atoms with van der Waals surface area (Å²) in [5.41, 5.74) is 4.86. The number of nitrogens with one attached hydrogen (secondary N) is 1. The van der Waals surface area contributed by atoms with Crippen LogP contribution in [0.4, 0.5) is 4.39 Å². The Morgan fingerprint density at radius 1 is 1.23 bits per heavy atom. The molecule has 2 amide bonds. The van der Waals surface area contributed by atoms with E-state index in [1.165, 1.54) is 6.07 Å². The van der Waals surface area contributed by atoms with Crippen LogP contribution in [0, 0.1) is 12.7 Å². The molecular weight excluding hydrogens is 383 g/mol. The van der Waals surface area contributed by atoms with E-state index in [4.69, 9.17) is 0 Å². The summed E-state index contributed by atoms with van der Waals surface area (Å²) in [6.45, 7) is 2.34. The third-order valence-corrected chi connectivity index (χ3v) is 7.25. The minimum absolute atomic E-state index is 0.0975. The normalized spacial score (nSPS) is 25.5. The van der Waals surface area contributed by atoms with Gasteiger partial charge in [0, 0.05) is 18.2 Å². The summed E-state index contributed by atoms with van der Waals surface area (Å²) in [7, 11) is 0. The Balaban J connectivity index is 1.47. The molecule has 2 aromatic carbocycles. The van der Waals surface area contributed by atoms with Crippen molar-refractivity contribution in [3.05, 3.63) is 70.0 Å². The largest absolute Gasteiger partial charge is 0.331 e. The van der Waals surface area contributed by atoms with Crippen molar-refractivity contribution in [1.29, 1.82) is 0 Å². The van der Waals surface area contributed by atoms with Crippen LogP contribution in [-0.2, 0) is 16.8 Å². The molecule has 0 unspecified atom stereocenters. The highest BCUT2D eigenvalue weighted by molar-refractivity contribution is 5.98. The molecule has 2 aromatic rings.